The van der Waals surface area contributed by atoms with E-state index < -0.39 is 5.97 Å². The third kappa shape index (κ3) is 2.42. The number of aromatic carboxylic acids is 1. The number of aromatic nitrogens is 1. The van der Waals surface area contributed by atoms with E-state index in [-0.39, 0.29) is 17.6 Å². The van der Waals surface area contributed by atoms with Gasteiger partial charge in [0.05, 0.1) is 24.4 Å². The minimum Gasteiger partial charge on any atom is -0.477 e. The Balaban J connectivity index is 1.92. The number of ether oxygens (including phenoxy) is 1. The molecule has 0 amide bonds. The van der Waals surface area contributed by atoms with E-state index in [0.29, 0.717) is 19.7 Å². The fraction of sp³-hybridized carbons (Fsp3) is 0.417. The van der Waals surface area contributed by atoms with Crippen LogP contribution in [0.25, 0.3) is 0 Å². The van der Waals surface area contributed by atoms with E-state index >= 15 is 0 Å². The van der Waals surface area contributed by atoms with Gasteiger partial charge in [-0.15, -0.1) is 0 Å². The zero-order valence-corrected chi connectivity index (χ0v) is 10.00. The van der Waals surface area contributed by atoms with Crippen molar-refractivity contribution in [2.75, 3.05) is 24.6 Å². The van der Waals surface area contributed by atoms with E-state index in [2.05, 4.69) is 4.98 Å². The van der Waals surface area contributed by atoms with Gasteiger partial charge in [0.1, 0.15) is 5.69 Å². The maximum atomic E-state index is 11.4. The Kier molecular flexibility index (Phi) is 3.45. The normalized spacial score (nSPS) is 15.1. The summed E-state index contributed by atoms with van der Waals surface area (Å²) in [5, 5.41) is 8.72. The molecule has 1 N–H and O–H groups in total. The van der Waals surface area contributed by atoms with Crippen LogP contribution in [0.4, 0.5) is 5.69 Å². The van der Waals surface area contributed by atoms with Gasteiger partial charge >= 0.3 is 11.9 Å². The number of carbonyl (C=O) groups excluding carboxylic acids is 1. The van der Waals surface area contributed by atoms with E-state index in [1.807, 2.05) is 4.90 Å². The molecular weight excluding hydrogens is 236 g/mol. The van der Waals surface area contributed by atoms with Crippen molar-refractivity contribution >= 4 is 17.6 Å². The smallest absolute Gasteiger partial charge is 0.354 e. The Bertz CT molecular complexity index is 452. The van der Waals surface area contributed by atoms with Gasteiger partial charge < -0.3 is 14.7 Å². The number of carboxylic acid groups (broad SMARTS) is 1. The van der Waals surface area contributed by atoms with Crippen molar-refractivity contribution in [3.05, 3.63) is 24.0 Å². The lowest BCUT2D eigenvalue weighted by Crippen LogP contribution is -2.51. The standard InChI is InChI=1S/C12H14N2O4/c1-2-18-12(17)8-6-14(7-8)9-3-4-10(11(15)16)13-5-9/h3-5,8H,2,6-7H2,1H3,(H,15,16). The minimum atomic E-state index is -1.05. The average molecular weight is 250 g/mol. The van der Waals surface area contributed by atoms with Crippen molar-refractivity contribution in [2.45, 2.75) is 6.92 Å². The number of esters is 1. The highest BCUT2D eigenvalue weighted by Crippen LogP contribution is 2.24. The summed E-state index contributed by atoms with van der Waals surface area (Å²) in [5.74, 6) is -1.32. The van der Waals surface area contributed by atoms with Crippen LogP contribution in [0.2, 0.25) is 0 Å². The van der Waals surface area contributed by atoms with Gasteiger partial charge in [0.2, 0.25) is 0 Å². The SMILES string of the molecule is CCOC(=O)C1CN(c2ccc(C(=O)O)nc2)C1. The predicted molar refractivity (Wildman–Crippen MR) is 63.5 cm³/mol. The number of carbonyl (C=O) groups is 2. The maximum absolute atomic E-state index is 11.4. The number of carboxylic acids is 1. The molecule has 2 heterocycles. The number of nitrogens with zero attached hydrogens (tertiary/aromatic N) is 2. The van der Waals surface area contributed by atoms with E-state index in [1.54, 1.807) is 13.0 Å². The van der Waals surface area contributed by atoms with Gasteiger partial charge in [-0.1, -0.05) is 0 Å². The number of pyridine rings is 1. The van der Waals surface area contributed by atoms with Crippen LogP contribution in [0.5, 0.6) is 0 Å². The topological polar surface area (TPSA) is 79.7 Å². The second kappa shape index (κ2) is 5.03. The molecule has 0 spiro atoms. The molecule has 1 aromatic heterocycles. The van der Waals surface area contributed by atoms with Crippen LogP contribution in [-0.2, 0) is 9.53 Å². The molecule has 0 aliphatic carbocycles. The summed E-state index contributed by atoms with van der Waals surface area (Å²) in [5.41, 5.74) is 0.835. The molecule has 6 nitrogen and oxygen atoms in total. The molecule has 0 atom stereocenters. The molecule has 0 unspecified atom stereocenters. The van der Waals surface area contributed by atoms with Gasteiger partial charge in [0.25, 0.3) is 0 Å². The quantitative estimate of drug-likeness (QED) is 0.795. The summed E-state index contributed by atoms with van der Waals surface area (Å²) in [6.45, 7) is 3.35. The lowest BCUT2D eigenvalue weighted by atomic mass is 10.00. The summed E-state index contributed by atoms with van der Waals surface area (Å²) in [7, 11) is 0. The number of anilines is 1. The van der Waals surface area contributed by atoms with Crippen molar-refractivity contribution in [1.82, 2.24) is 4.98 Å². The van der Waals surface area contributed by atoms with Crippen LogP contribution in [0.15, 0.2) is 18.3 Å². The first-order valence-corrected chi connectivity index (χ1v) is 5.72. The lowest BCUT2D eigenvalue weighted by Gasteiger charge is -2.39. The second-order valence-electron chi connectivity index (χ2n) is 4.06. The first-order chi connectivity index (χ1) is 8.61. The molecule has 1 aromatic rings. The Morgan fingerprint density at radius 2 is 2.22 bits per heavy atom. The van der Waals surface area contributed by atoms with Crippen LogP contribution < -0.4 is 4.90 Å². The molecule has 0 aromatic carbocycles. The highest BCUT2D eigenvalue weighted by Gasteiger charge is 2.34. The molecule has 0 bridgehead atoms. The predicted octanol–water partition coefficient (Wildman–Crippen LogP) is 0.779. The van der Waals surface area contributed by atoms with E-state index in [4.69, 9.17) is 9.84 Å². The van der Waals surface area contributed by atoms with Crippen LogP contribution in [0.1, 0.15) is 17.4 Å². The highest BCUT2D eigenvalue weighted by atomic mass is 16.5. The van der Waals surface area contributed by atoms with E-state index in [9.17, 15) is 9.59 Å². The van der Waals surface area contributed by atoms with E-state index in [0.717, 1.165) is 5.69 Å². The zero-order chi connectivity index (χ0) is 13.1. The highest BCUT2D eigenvalue weighted by molar-refractivity contribution is 5.85. The molecule has 1 aliphatic heterocycles. The maximum Gasteiger partial charge on any atom is 0.354 e. The third-order valence-corrected chi connectivity index (χ3v) is 2.83. The largest absolute Gasteiger partial charge is 0.477 e. The molecule has 0 radical (unpaired) electrons. The van der Waals surface area contributed by atoms with Gasteiger partial charge in [-0.25, -0.2) is 9.78 Å². The van der Waals surface area contributed by atoms with Crippen LogP contribution in [0.3, 0.4) is 0 Å². The van der Waals surface area contributed by atoms with Crippen molar-refractivity contribution in [2.24, 2.45) is 5.92 Å². The Morgan fingerprint density at radius 1 is 1.50 bits per heavy atom. The fourth-order valence-electron chi connectivity index (χ4n) is 1.80. The van der Waals surface area contributed by atoms with Crippen molar-refractivity contribution in [1.29, 1.82) is 0 Å². The summed E-state index contributed by atoms with van der Waals surface area (Å²) in [4.78, 5) is 27.8. The molecular formula is C12H14N2O4. The number of hydrogen-bond acceptors (Lipinski definition) is 5. The molecule has 96 valence electrons. The summed E-state index contributed by atoms with van der Waals surface area (Å²) in [6, 6.07) is 3.15. The van der Waals surface area contributed by atoms with Gasteiger partial charge in [-0.2, -0.15) is 0 Å². The number of rotatable bonds is 4. The van der Waals surface area contributed by atoms with Gasteiger partial charge in [0, 0.05) is 13.1 Å². The Labute approximate surface area is 104 Å². The zero-order valence-electron chi connectivity index (χ0n) is 10.00. The van der Waals surface area contributed by atoms with Gasteiger partial charge in [0.15, 0.2) is 0 Å². The van der Waals surface area contributed by atoms with Crippen LogP contribution in [0, 0.1) is 5.92 Å². The Hall–Kier alpha value is -2.11. The lowest BCUT2D eigenvalue weighted by molar-refractivity contribution is -0.148. The van der Waals surface area contributed by atoms with Crippen molar-refractivity contribution < 1.29 is 19.4 Å². The van der Waals surface area contributed by atoms with Crippen LogP contribution in [-0.4, -0.2) is 41.7 Å². The molecule has 6 heteroatoms. The monoisotopic (exact) mass is 250 g/mol. The molecule has 1 saturated heterocycles. The average Bonchev–Trinajstić information content (AvgIpc) is 2.28. The Morgan fingerprint density at radius 3 is 2.72 bits per heavy atom. The third-order valence-electron chi connectivity index (χ3n) is 2.83. The van der Waals surface area contributed by atoms with Gasteiger partial charge in [-0.3, -0.25) is 4.79 Å². The first kappa shape index (κ1) is 12.3. The fourth-order valence-corrected chi connectivity index (χ4v) is 1.80. The molecule has 1 fully saturated rings. The molecule has 1 aliphatic rings. The number of hydrogen-bond donors (Lipinski definition) is 1. The summed E-state index contributed by atoms with van der Waals surface area (Å²) < 4.78 is 4.92. The van der Waals surface area contributed by atoms with E-state index in [1.165, 1.54) is 12.3 Å². The van der Waals surface area contributed by atoms with Gasteiger partial charge in [-0.05, 0) is 19.1 Å². The van der Waals surface area contributed by atoms with Crippen molar-refractivity contribution in [3.63, 3.8) is 0 Å². The summed E-state index contributed by atoms with van der Waals surface area (Å²) >= 11 is 0. The minimum absolute atomic E-state index is 0.0150. The van der Waals surface area contributed by atoms with Crippen LogP contribution >= 0.6 is 0 Å². The molecule has 0 saturated carbocycles. The first-order valence-electron chi connectivity index (χ1n) is 5.72. The molecule has 18 heavy (non-hydrogen) atoms. The molecule has 2 rings (SSSR count). The summed E-state index contributed by atoms with van der Waals surface area (Å²) in [6.07, 6.45) is 1.50. The van der Waals surface area contributed by atoms with Crippen molar-refractivity contribution in [3.8, 4) is 0 Å². The second-order valence-corrected chi connectivity index (χ2v) is 4.06.